The molecule has 152 valence electrons. The minimum Gasteiger partial charge on any atom is -0.413 e. The Morgan fingerprint density at radius 3 is 2.52 bits per heavy atom. The Balaban J connectivity index is 1.97. The van der Waals surface area contributed by atoms with Crippen LogP contribution < -0.4 is 0 Å². The molecule has 0 atom stereocenters. The summed E-state index contributed by atoms with van der Waals surface area (Å²) in [6.45, 7) is 13.9. The lowest BCUT2D eigenvalue weighted by atomic mass is 10.1. The Kier molecular flexibility index (Phi) is 6.36. The van der Waals surface area contributed by atoms with E-state index in [-0.39, 0.29) is 5.04 Å². The molecule has 6 heteroatoms. The summed E-state index contributed by atoms with van der Waals surface area (Å²) in [7, 11) is -1.85. The molecule has 0 radical (unpaired) electrons. The first-order chi connectivity index (χ1) is 13.5. The molecule has 0 saturated heterocycles. The highest BCUT2D eigenvalue weighted by molar-refractivity contribution is 9.10. The molecule has 0 amide bonds. The van der Waals surface area contributed by atoms with Crippen LogP contribution in [0.25, 0.3) is 23.1 Å². The lowest BCUT2D eigenvalue weighted by Gasteiger charge is -2.36. The summed E-state index contributed by atoms with van der Waals surface area (Å²) in [6.07, 6.45) is 5.63. The van der Waals surface area contributed by atoms with Gasteiger partial charge >= 0.3 is 0 Å². The molecule has 0 aliphatic heterocycles. The van der Waals surface area contributed by atoms with Crippen LogP contribution in [0.3, 0.4) is 0 Å². The van der Waals surface area contributed by atoms with Gasteiger partial charge in [-0.05, 0) is 67.0 Å². The van der Waals surface area contributed by atoms with Crippen LogP contribution in [-0.2, 0) is 11.0 Å². The van der Waals surface area contributed by atoms with Crippen LogP contribution in [0.15, 0.2) is 41.0 Å². The fraction of sp³-hybridized carbons (Fsp3) is 0.348. The van der Waals surface area contributed by atoms with Gasteiger partial charge in [0.15, 0.2) is 14.1 Å². The van der Waals surface area contributed by atoms with E-state index >= 15 is 0 Å². The molecule has 3 rings (SSSR count). The quantitative estimate of drug-likeness (QED) is 0.385. The van der Waals surface area contributed by atoms with Crippen molar-refractivity contribution in [2.24, 2.45) is 0 Å². The fourth-order valence-corrected chi connectivity index (χ4v) is 3.98. The summed E-state index contributed by atoms with van der Waals surface area (Å²) in [5, 5.41) is 1.29. The molecule has 1 aromatic carbocycles. The van der Waals surface area contributed by atoms with Gasteiger partial charge in [-0.1, -0.05) is 42.8 Å². The average molecular weight is 470 g/mol. The molecule has 2 heterocycles. The summed E-state index contributed by atoms with van der Waals surface area (Å²) in [6, 6.07) is 10.2. The Morgan fingerprint density at radius 2 is 1.83 bits per heavy atom. The van der Waals surface area contributed by atoms with Crippen LogP contribution in [0.5, 0.6) is 0 Å². The number of benzene rings is 1. The highest BCUT2D eigenvalue weighted by Gasteiger charge is 2.37. The predicted octanol–water partition coefficient (Wildman–Crippen LogP) is 6.79. The summed E-state index contributed by atoms with van der Waals surface area (Å²) in [5.74, 6) is 0.681. The molecule has 29 heavy (non-hydrogen) atoms. The molecule has 0 aliphatic rings. The van der Waals surface area contributed by atoms with Gasteiger partial charge in [0.1, 0.15) is 0 Å². The summed E-state index contributed by atoms with van der Waals surface area (Å²) in [4.78, 5) is 13.5. The number of aromatic nitrogens is 3. The van der Waals surface area contributed by atoms with E-state index in [0.717, 1.165) is 32.3 Å². The minimum absolute atomic E-state index is 0.171. The highest BCUT2D eigenvalue weighted by Crippen LogP contribution is 2.37. The van der Waals surface area contributed by atoms with Crippen molar-refractivity contribution in [1.82, 2.24) is 15.0 Å². The molecule has 0 N–H and O–H groups in total. The summed E-state index contributed by atoms with van der Waals surface area (Å²) < 4.78 is 7.51. The van der Waals surface area contributed by atoms with Crippen molar-refractivity contribution in [1.29, 1.82) is 0 Å². The fourth-order valence-electron chi connectivity index (χ4n) is 2.68. The van der Waals surface area contributed by atoms with Crippen LogP contribution in [0.2, 0.25) is 18.1 Å². The first kappa shape index (κ1) is 21.8. The number of nitrogens with zero attached hydrogens (tertiary/aromatic N) is 3. The van der Waals surface area contributed by atoms with E-state index in [1.165, 1.54) is 0 Å². The maximum atomic E-state index is 6.50. The smallest absolute Gasteiger partial charge is 0.192 e. The van der Waals surface area contributed by atoms with Crippen molar-refractivity contribution < 1.29 is 4.43 Å². The highest BCUT2D eigenvalue weighted by atomic mass is 79.9. The SMILES string of the molecule is Cc1ccnc(/C=C/c2cc(CO[Si](C)(C)C(C)(C)C)c3ccc(Br)cc3n2)n1. The van der Waals surface area contributed by atoms with Crippen molar-refractivity contribution in [2.75, 3.05) is 0 Å². The largest absolute Gasteiger partial charge is 0.413 e. The number of rotatable bonds is 5. The third kappa shape index (κ3) is 5.38. The Bertz CT molecular complexity index is 1060. The van der Waals surface area contributed by atoms with Crippen LogP contribution in [0.1, 0.15) is 43.5 Å². The second kappa shape index (κ2) is 8.46. The Morgan fingerprint density at radius 1 is 1.07 bits per heavy atom. The van der Waals surface area contributed by atoms with Gasteiger partial charge in [0, 0.05) is 21.7 Å². The third-order valence-corrected chi connectivity index (χ3v) is 10.5. The molecule has 0 aliphatic carbocycles. The van der Waals surface area contributed by atoms with Crippen LogP contribution >= 0.6 is 15.9 Å². The lowest BCUT2D eigenvalue weighted by molar-refractivity contribution is 0.277. The van der Waals surface area contributed by atoms with Gasteiger partial charge in [0.2, 0.25) is 0 Å². The number of aryl methyl sites for hydroxylation is 1. The maximum Gasteiger partial charge on any atom is 0.192 e. The monoisotopic (exact) mass is 469 g/mol. The van der Waals surface area contributed by atoms with Crippen LogP contribution in [0, 0.1) is 6.92 Å². The van der Waals surface area contributed by atoms with Gasteiger partial charge in [0.25, 0.3) is 0 Å². The normalized spacial score (nSPS) is 12.8. The molecular weight excluding hydrogens is 442 g/mol. The molecule has 4 nitrogen and oxygen atoms in total. The summed E-state index contributed by atoms with van der Waals surface area (Å²) in [5.41, 5.74) is 3.91. The number of pyridine rings is 1. The topological polar surface area (TPSA) is 47.9 Å². The van der Waals surface area contributed by atoms with E-state index in [1.54, 1.807) is 6.20 Å². The molecular formula is C23H28BrN3OSi. The van der Waals surface area contributed by atoms with E-state index in [1.807, 2.05) is 31.2 Å². The molecule has 0 bridgehead atoms. The van der Waals surface area contributed by atoms with Gasteiger partial charge in [-0.3, -0.25) is 0 Å². The van der Waals surface area contributed by atoms with E-state index in [4.69, 9.17) is 9.41 Å². The van der Waals surface area contributed by atoms with Crippen molar-refractivity contribution in [3.05, 3.63) is 63.8 Å². The molecule has 0 spiro atoms. The van der Waals surface area contributed by atoms with Crippen molar-refractivity contribution in [3.63, 3.8) is 0 Å². The number of hydrogen-bond acceptors (Lipinski definition) is 4. The van der Waals surface area contributed by atoms with Crippen LogP contribution in [-0.4, -0.2) is 23.3 Å². The van der Waals surface area contributed by atoms with E-state index in [2.05, 4.69) is 78.0 Å². The van der Waals surface area contributed by atoms with Crippen LogP contribution in [0.4, 0.5) is 0 Å². The second-order valence-electron chi connectivity index (χ2n) is 8.81. The lowest BCUT2D eigenvalue weighted by Crippen LogP contribution is -2.40. The first-order valence-electron chi connectivity index (χ1n) is 9.76. The van der Waals surface area contributed by atoms with E-state index in [9.17, 15) is 0 Å². The average Bonchev–Trinajstić information content (AvgIpc) is 2.63. The third-order valence-electron chi connectivity index (χ3n) is 5.49. The number of halogens is 1. The molecule has 3 aromatic rings. The van der Waals surface area contributed by atoms with Gasteiger partial charge in [-0.2, -0.15) is 0 Å². The second-order valence-corrected chi connectivity index (χ2v) is 14.5. The Hall–Kier alpha value is -1.89. The number of fused-ring (bicyclic) bond motifs is 1. The molecule has 2 aromatic heterocycles. The molecule has 0 fully saturated rings. The number of hydrogen-bond donors (Lipinski definition) is 0. The van der Waals surface area contributed by atoms with E-state index < -0.39 is 8.32 Å². The van der Waals surface area contributed by atoms with Gasteiger partial charge < -0.3 is 4.43 Å². The zero-order valence-corrected chi connectivity index (χ0v) is 20.5. The zero-order valence-electron chi connectivity index (χ0n) is 18.0. The van der Waals surface area contributed by atoms with Gasteiger partial charge in [0.05, 0.1) is 17.8 Å². The maximum absolute atomic E-state index is 6.50. The van der Waals surface area contributed by atoms with E-state index in [0.29, 0.717) is 12.4 Å². The zero-order chi connectivity index (χ0) is 21.2. The van der Waals surface area contributed by atoms with Crippen molar-refractivity contribution >= 4 is 47.3 Å². The van der Waals surface area contributed by atoms with Gasteiger partial charge in [-0.25, -0.2) is 15.0 Å². The first-order valence-corrected chi connectivity index (χ1v) is 13.5. The molecule has 0 unspecified atom stereocenters. The van der Waals surface area contributed by atoms with Crippen molar-refractivity contribution in [2.45, 2.75) is 52.4 Å². The summed E-state index contributed by atoms with van der Waals surface area (Å²) >= 11 is 3.56. The predicted molar refractivity (Wildman–Crippen MR) is 127 cm³/mol. The minimum atomic E-state index is -1.85. The van der Waals surface area contributed by atoms with Gasteiger partial charge in [-0.15, -0.1) is 0 Å². The Labute approximate surface area is 182 Å². The van der Waals surface area contributed by atoms with Crippen molar-refractivity contribution in [3.8, 4) is 0 Å². The molecule has 0 saturated carbocycles. The standard InChI is InChI=1S/C23H28BrN3OSi/c1-16-11-12-25-22(26-16)10-8-19-13-17(15-28-29(5,6)23(2,3)4)20-9-7-18(24)14-21(20)27-19/h7-14H,15H2,1-6H3/b10-8+.